The van der Waals surface area contributed by atoms with E-state index in [2.05, 4.69) is 32.8 Å². The Morgan fingerprint density at radius 3 is 1.50 bits per heavy atom. The van der Waals surface area contributed by atoms with Gasteiger partial charge in [0.15, 0.2) is 0 Å². The van der Waals surface area contributed by atoms with Gasteiger partial charge in [0.25, 0.3) is 0 Å². The lowest BCUT2D eigenvalue weighted by molar-refractivity contribution is -0.0436. The normalized spacial score (nSPS) is 15.1. The first-order valence-corrected chi connectivity index (χ1v) is 6.16. The Morgan fingerprint density at radius 2 is 1.50 bits per heavy atom. The van der Waals surface area contributed by atoms with Crippen molar-refractivity contribution in [3.63, 3.8) is 0 Å². The Hall–Kier alpha value is -0.340. The van der Waals surface area contributed by atoms with Gasteiger partial charge in [-0.05, 0) is 19.8 Å². The topological polar surface area (TPSA) is 86.2 Å². The van der Waals surface area contributed by atoms with Gasteiger partial charge in [-0.2, -0.15) is 13.2 Å². The second-order valence-electron chi connectivity index (χ2n) is 4.12. The summed E-state index contributed by atoms with van der Waals surface area (Å²) in [7, 11) is -5.34. The molecule has 0 bridgehead atoms. The zero-order chi connectivity index (χ0) is 13.8. The molecule has 0 aliphatic heterocycles. The third kappa shape index (κ3) is 7.89. The van der Waals surface area contributed by atoms with E-state index in [1.807, 2.05) is 0 Å². The van der Waals surface area contributed by atoms with Crippen molar-refractivity contribution in [3.05, 3.63) is 0 Å². The maximum atomic E-state index is 10.8. The van der Waals surface area contributed by atoms with Gasteiger partial charge in [0, 0.05) is 5.54 Å². The molecule has 1 unspecified atom stereocenters. The highest BCUT2D eigenvalue weighted by molar-refractivity contribution is 7.90. The lowest BCUT2D eigenvalue weighted by atomic mass is 9.88. The van der Waals surface area contributed by atoms with Gasteiger partial charge < -0.3 is 5.73 Å². The molecule has 1 atom stereocenters. The number of primary sulfonamides is 1. The molecule has 0 amide bonds. The van der Waals surface area contributed by atoms with E-state index in [0.717, 1.165) is 0 Å². The Kier molecular flexibility index (Phi) is 6.57. The number of halogens is 3. The molecule has 0 saturated carbocycles. The predicted molar refractivity (Wildman–Crippen MR) is 56.9 cm³/mol. The minimum atomic E-state index is -5.34. The molecule has 0 radical (unpaired) electrons. The van der Waals surface area contributed by atoms with Gasteiger partial charge in [-0.15, -0.1) is 0 Å². The summed E-state index contributed by atoms with van der Waals surface area (Å²) >= 11 is 0. The summed E-state index contributed by atoms with van der Waals surface area (Å²) in [5, 5.41) is 3.66. The van der Waals surface area contributed by atoms with E-state index in [9.17, 15) is 21.6 Å². The van der Waals surface area contributed by atoms with Crippen LogP contribution >= 0.6 is 0 Å². The molecule has 4 N–H and O–H groups in total. The number of hydrogen-bond acceptors (Lipinski definition) is 3. The van der Waals surface area contributed by atoms with Gasteiger partial charge in [-0.3, -0.25) is 0 Å². The van der Waals surface area contributed by atoms with Crippen molar-refractivity contribution < 1.29 is 21.6 Å². The van der Waals surface area contributed by atoms with Crippen LogP contribution in [0.3, 0.4) is 0 Å². The minimum absolute atomic E-state index is 0.00868. The van der Waals surface area contributed by atoms with Crippen LogP contribution in [0.4, 0.5) is 13.2 Å². The molecule has 0 spiro atoms. The van der Waals surface area contributed by atoms with Gasteiger partial charge in [0.1, 0.15) is 0 Å². The lowest BCUT2D eigenvalue weighted by Gasteiger charge is -2.25. The quantitative estimate of drug-likeness (QED) is 0.793. The summed E-state index contributed by atoms with van der Waals surface area (Å²) in [6.07, 6.45) is 1.17. The smallest absolute Gasteiger partial charge is 0.325 e. The summed E-state index contributed by atoms with van der Waals surface area (Å²) in [6, 6.07) is 0. The van der Waals surface area contributed by atoms with Crippen LogP contribution in [0.5, 0.6) is 0 Å². The molecule has 0 fully saturated rings. The second-order valence-corrected chi connectivity index (χ2v) is 5.67. The fraction of sp³-hybridized carbons (Fsp3) is 1.00. The molecule has 4 nitrogen and oxygen atoms in total. The third-order valence-electron chi connectivity index (χ3n) is 2.21. The highest BCUT2D eigenvalue weighted by atomic mass is 32.2. The van der Waals surface area contributed by atoms with Crippen molar-refractivity contribution in [1.82, 2.24) is 0 Å². The second kappa shape index (κ2) is 5.83. The standard InChI is InChI=1S/C7H17N.CH2F3NO2S/c1-5-6(2)7(3,4)8;2-1(3,4)8(5,6)7/h6H,5,8H2,1-4H3;(H2,5,6,7). The number of rotatable bonds is 2. The van der Waals surface area contributed by atoms with Crippen LogP contribution in [-0.4, -0.2) is 19.5 Å². The first kappa shape index (κ1) is 18.0. The third-order valence-corrected chi connectivity index (χ3v) is 2.85. The first-order valence-electron chi connectivity index (χ1n) is 4.61. The molecule has 0 heterocycles. The van der Waals surface area contributed by atoms with Gasteiger partial charge in [-0.1, -0.05) is 20.3 Å². The molecule has 0 aromatic carbocycles. The Bertz CT molecular complexity index is 293. The van der Waals surface area contributed by atoms with Crippen LogP contribution in [0.1, 0.15) is 34.1 Å². The Morgan fingerprint density at radius 1 is 1.25 bits per heavy atom. The molecule has 16 heavy (non-hydrogen) atoms. The van der Waals surface area contributed by atoms with Crippen molar-refractivity contribution in [2.24, 2.45) is 16.8 Å². The van der Waals surface area contributed by atoms with Crippen molar-refractivity contribution in [2.75, 3.05) is 0 Å². The summed E-state index contributed by atoms with van der Waals surface area (Å²) in [4.78, 5) is 0. The molecule has 0 aromatic rings. The van der Waals surface area contributed by atoms with E-state index >= 15 is 0 Å². The van der Waals surface area contributed by atoms with E-state index < -0.39 is 15.5 Å². The fourth-order valence-electron chi connectivity index (χ4n) is 0.526. The van der Waals surface area contributed by atoms with Gasteiger partial charge >= 0.3 is 15.5 Å². The summed E-state index contributed by atoms with van der Waals surface area (Å²) in [5.41, 5.74) is 0.486. The zero-order valence-electron chi connectivity index (χ0n) is 9.80. The average Bonchev–Trinajstić information content (AvgIpc) is 1.98. The van der Waals surface area contributed by atoms with E-state index in [1.165, 1.54) is 6.42 Å². The number of hydrogen-bond donors (Lipinski definition) is 2. The van der Waals surface area contributed by atoms with E-state index in [-0.39, 0.29) is 5.54 Å². The average molecular weight is 264 g/mol. The maximum Gasteiger partial charge on any atom is 0.511 e. The van der Waals surface area contributed by atoms with Crippen LogP contribution in [0.2, 0.25) is 0 Å². The van der Waals surface area contributed by atoms with E-state index in [1.54, 1.807) is 0 Å². The molecule has 100 valence electrons. The molecule has 0 aliphatic carbocycles. The van der Waals surface area contributed by atoms with Crippen LogP contribution in [0.15, 0.2) is 0 Å². The first-order chi connectivity index (χ1) is 6.73. The minimum Gasteiger partial charge on any atom is -0.325 e. The van der Waals surface area contributed by atoms with Crippen LogP contribution < -0.4 is 10.9 Å². The van der Waals surface area contributed by atoms with Crippen molar-refractivity contribution in [3.8, 4) is 0 Å². The van der Waals surface area contributed by atoms with Crippen molar-refractivity contribution >= 4 is 10.0 Å². The summed E-state index contributed by atoms with van der Waals surface area (Å²) in [6.45, 7) is 8.49. The summed E-state index contributed by atoms with van der Waals surface area (Å²) in [5.74, 6) is 0.627. The van der Waals surface area contributed by atoms with E-state index in [4.69, 9.17) is 5.73 Å². The Labute approximate surface area is 94.2 Å². The van der Waals surface area contributed by atoms with Crippen LogP contribution in [0.25, 0.3) is 0 Å². The number of alkyl halides is 3. The molecular weight excluding hydrogens is 245 g/mol. The van der Waals surface area contributed by atoms with Crippen LogP contribution in [0, 0.1) is 5.92 Å². The zero-order valence-corrected chi connectivity index (χ0v) is 10.6. The number of sulfonamides is 1. The van der Waals surface area contributed by atoms with Crippen molar-refractivity contribution in [2.45, 2.75) is 45.2 Å². The molecule has 0 aliphatic rings. The monoisotopic (exact) mass is 264 g/mol. The fourth-order valence-corrected chi connectivity index (χ4v) is 0.526. The molecule has 0 saturated heterocycles. The highest BCUT2D eigenvalue weighted by Crippen LogP contribution is 2.18. The van der Waals surface area contributed by atoms with Crippen LogP contribution in [-0.2, 0) is 10.0 Å². The molecular formula is C8H19F3N2O2S. The SMILES string of the molecule is CCC(C)C(C)(C)N.NS(=O)(=O)C(F)(F)F. The Balaban J connectivity index is 0. The maximum absolute atomic E-state index is 10.8. The molecule has 0 rings (SSSR count). The molecule has 8 heteroatoms. The molecule has 0 aromatic heterocycles. The number of nitrogens with two attached hydrogens (primary N) is 2. The summed E-state index contributed by atoms with van der Waals surface area (Å²) < 4.78 is 51.2. The van der Waals surface area contributed by atoms with E-state index in [0.29, 0.717) is 5.92 Å². The van der Waals surface area contributed by atoms with Gasteiger partial charge in [-0.25, -0.2) is 13.6 Å². The lowest BCUT2D eigenvalue weighted by Crippen LogP contribution is -2.38. The highest BCUT2D eigenvalue weighted by Gasteiger charge is 2.42. The largest absolute Gasteiger partial charge is 0.511 e. The van der Waals surface area contributed by atoms with Gasteiger partial charge in [0.2, 0.25) is 0 Å². The van der Waals surface area contributed by atoms with Gasteiger partial charge in [0.05, 0.1) is 0 Å². The van der Waals surface area contributed by atoms with Crippen molar-refractivity contribution in [1.29, 1.82) is 0 Å². The predicted octanol–water partition coefficient (Wildman–Crippen LogP) is 1.56.